The molecule has 21 heavy (non-hydrogen) atoms. The Kier molecular flexibility index (Phi) is 4.17. The van der Waals surface area contributed by atoms with E-state index in [4.69, 9.17) is 5.73 Å². The van der Waals surface area contributed by atoms with Gasteiger partial charge in [0, 0.05) is 6.54 Å². The van der Waals surface area contributed by atoms with E-state index in [0.717, 1.165) is 10.5 Å². The standard InChI is InChI=1S/C13H17N3O4S/c1-9-4-6-10(7-5-9)21(19,20)15-13(18)16-8-2-3-11(16)12(14)17/h4-7,11H,2-3,8H2,1H3,(H2,14,17)(H,15,18)/t11-/m0/s1. The largest absolute Gasteiger partial charge is 0.368 e. The number of sulfonamides is 1. The van der Waals surface area contributed by atoms with Crippen LogP contribution in [0.25, 0.3) is 0 Å². The molecule has 1 saturated heterocycles. The first-order chi connectivity index (χ1) is 9.81. The average molecular weight is 311 g/mol. The topological polar surface area (TPSA) is 110 Å². The zero-order chi connectivity index (χ0) is 15.6. The number of carbonyl (C=O) groups is 2. The summed E-state index contributed by atoms with van der Waals surface area (Å²) in [6.07, 6.45) is 1.07. The highest BCUT2D eigenvalue weighted by molar-refractivity contribution is 7.90. The quantitative estimate of drug-likeness (QED) is 0.839. The fourth-order valence-corrected chi connectivity index (χ4v) is 3.21. The number of hydrogen-bond donors (Lipinski definition) is 2. The molecule has 0 bridgehead atoms. The Balaban J connectivity index is 2.15. The fourth-order valence-electron chi connectivity index (χ4n) is 2.26. The van der Waals surface area contributed by atoms with Crippen LogP contribution in [-0.4, -0.2) is 37.8 Å². The summed E-state index contributed by atoms with van der Waals surface area (Å²) in [6, 6.07) is 4.54. The van der Waals surface area contributed by atoms with E-state index in [1.807, 2.05) is 11.6 Å². The van der Waals surface area contributed by atoms with Crippen LogP contribution in [0.4, 0.5) is 4.79 Å². The molecule has 114 valence electrons. The lowest BCUT2D eigenvalue weighted by atomic mass is 10.2. The van der Waals surface area contributed by atoms with Crippen molar-refractivity contribution in [1.29, 1.82) is 0 Å². The fraction of sp³-hybridized carbons (Fsp3) is 0.385. The summed E-state index contributed by atoms with van der Waals surface area (Å²) in [7, 11) is -3.96. The first-order valence-electron chi connectivity index (χ1n) is 6.50. The van der Waals surface area contributed by atoms with E-state index in [1.165, 1.54) is 12.1 Å². The van der Waals surface area contributed by atoms with Gasteiger partial charge in [0.2, 0.25) is 5.91 Å². The molecule has 1 aliphatic rings. The third kappa shape index (κ3) is 3.33. The van der Waals surface area contributed by atoms with Gasteiger partial charge in [-0.05, 0) is 31.9 Å². The van der Waals surface area contributed by atoms with Gasteiger partial charge in [0.15, 0.2) is 0 Å². The normalized spacial score (nSPS) is 18.5. The lowest BCUT2D eigenvalue weighted by Crippen LogP contribution is -2.49. The number of nitrogens with zero attached hydrogens (tertiary/aromatic N) is 1. The number of likely N-dealkylation sites (tertiary alicyclic amines) is 1. The van der Waals surface area contributed by atoms with Crippen molar-refractivity contribution in [2.24, 2.45) is 5.73 Å². The van der Waals surface area contributed by atoms with Crippen molar-refractivity contribution in [3.05, 3.63) is 29.8 Å². The highest BCUT2D eigenvalue weighted by atomic mass is 32.2. The molecule has 0 aliphatic carbocycles. The first kappa shape index (κ1) is 15.3. The van der Waals surface area contributed by atoms with Crippen molar-refractivity contribution in [3.63, 3.8) is 0 Å². The third-order valence-electron chi connectivity index (χ3n) is 3.40. The van der Waals surface area contributed by atoms with E-state index in [1.54, 1.807) is 12.1 Å². The summed E-state index contributed by atoms with van der Waals surface area (Å²) in [5, 5.41) is 0. The number of carbonyl (C=O) groups excluding carboxylic acids is 2. The van der Waals surface area contributed by atoms with E-state index in [0.29, 0.717) is 19.4 Å². The molecule has 3 amide bonds. The molecule has 0 unspecified atom stereocenters. The number of nitrogens with one attached hydrogen (secondary N) is 1. The Morgan fingerprint density at radius 2 is 1.90 bits per heavy atom. The molecule has 0 aromatic heterocycles. The number of primary amides is 1. The smallest absolute Gasteiger partial charge is 0.331 e. The Morgan fingerprint density at radius 3 is 2.48 bits per heavy atom. The molecule has 1 atom stereocenters. The molecule has 7 nitrogen and oxygen atoms in total. The molecule has 0 saturated carbocycles. The highest BCUT2D eigenvalue weighted by Gasteiger charge is 2.34. The zero-order valence-corrected chi connectivity index (χ0v) is 12.4. The Bertz CT molecular complexity index is 654. The Labute approximate surface area is 123 Å². The van der Waals surface area contributed by atoms with Gasteiger partial charge in [-0.2, -0.15) is 0 Å². The van der Waals surface area contributed by atoms with Gasteiger partial charge >= 0.3 is 6.03 Å². The van der Waals surface area contributed by atoms with E-state index in [2.05, 4.69) is 0 Å². The molecule has 1 aromatic carbocycles. The molecular weight excluding hydrogens is 294 g/mol. The number of nitrogens with two attached hydrogens (primary N) is 1. The van der Waals surface area contributed by atoms with Crippen molar-refractivity contribution >= 4 is 22.0 Å². The maximum absolute atomic E-state index is 12.1. The zero-order valence-electron chi connectivity index (χ0n) is 11.6. The number of benzene rings is 1. The lowest BCUT2D eigenvalue weighted by molar-refractivity contribution is -0.121. The van der Waals surface area contributed by atoms with Crippen LogP contribution >= 0.6 is 0 Å². The maximum atomic E-state index is 12.1. The SMILES string of the molecule is Cc1ccc(S(=O)(=O)NC(=O)N2CCC[C@H]2C(N)=O)cc1. The summed E-state index contributed by atoms with van der Waals surface area (Å²) in [5.74, 6) is -0.629. The van der Waals surface area contributed by atoms with Gasteiger partial charge in [-0.1, -0.05) is 17.7 Å². The average Bonchev–Trinajstić information content (AvgIpc) is 2.88. The van der Waals surface area contributed by atoms with Gasteiger partial charge in [-0.3, -0.25) is 4.79 Å². The van der Waals surface area contributed by atoms with Gasteiger partial charge in [0.1, 0.15) is 6.04 Å². The van der Waals surface area contributed by atoms with Crippen molar-refractivity contribution in [1.82, 2.24) is 9.62 Å². The van der Waals surface area contributed by atoms with Crippen LogP contribution in [0.1, 0.15) is 18.4 Å². The molecule has 1 aromatic rings. The molecule has 2 rings (SSSR count). The summed E-state index contributed by atoms with van der Waals surface area (Å²) in [6.45, 7) is 2.14. The maximum Gasteiger partial charge on any atom is 0.331 e. The summed E-state index contributed by atoms with van der Waals surface area (Å²) in [5.41, 5.74) is 6.12. The van der Waals surface area contributed by atoms with E-state index in [-0.39, 0.29) is 4.90 Å². The minimum absolute atomic E-state index is 0.00345. The second kappa shape index (κ2) is 5.72. The van der Waals surface area contributed by atoms with Gasteiger partial charge in [-0.15, -0.1) is 0 Å². The van der Waals surface area contributed by atoms with Crippen molar-refractivity contribution < 1.29 is 18.0 Å². The molecule has 1 fully saturated rings. The van der Waals surface area contributed by atoms with Crippen LogP contribution in [-0.2, 0) is 14.8 Å². The second-order valence-electron chi connectivity index (χ2n) is 4.98. The second-order valence-corrected chi connectivity index (χ2v) is 6.66. The van der Waals surface area contributed by atoms with Gasteiger partial charge < -0.3 is 10.6 Å². The highest BCUT2D eigenvalue weighted by Crippen LogP contribution is 2.18. The number of urea groups is 1. The molecule has 8 heteroatoms. The number of hydrogen-bond acceptors (Lipinski definition) is 4. The van der Waals surface area contributed by atoms with Crippen LogP contribution in [0.15, 0.2) is 29.2 Å². The first-order valence-corrected chi connectivity index (χ1v) is 7.99. The summed E-state index contributed by atoms with van der Waals surface area (Å²) >= 11 is 0. The van der Waals surface area contributed by atoms with Gasteiger partial charge in [-0.25, -0.2) is 17.9 Å². The third-order valence-corrected chi connectivity index (χ3v) is 4.73. The summed E-state index contributed by atoms with van der Waals surface area (Å²) in [4.78, 5) is 24.4. The minimum Gasteiger partial charge on any atom is -0.368 e. The van der Waals surface area contributed by atoms with Crippen LogP contribution in [0.2, 0.25) is 0 Å². The van der Waals surface area contributed by atoms with Crippen molar-refractivity contribution in [3.8, 4) is 0 Å². The predicted octanol–water partition coefficient (Wildman–Crippen LogP) is 0.343. The van der Waals surface area contributed by atoms with Gasteiger partial charge in [0.05, 0.1) is 4.90 Å². The van der Waals surface area contributed by atoms with E-state index < -0.39 is 28.0 Å². The monoisotopic (exact) mass is 311 g/mol. The number of aryl methyl sites for hydroxylation is 1. The lowest BCUT2D eigenvalue weighted by Gasteiger charge is -2.22. The molecular formula is C13H17N3O4S. The minimum atomic E-state index is -3.96. The molecule has 3 N–H and O–H groups in total. The van der Waals surface area contributed by atoms with Crippen LogP contribution in [0, 0.1) is 6.92 Å². The predicted molar refractivity (Wildman–Crippen MR) is 75.8 cm³/mol. The number of amides is 3. The van der Waals surface area contributed by atoms with Crippen molar-refractivity contribution in [2.75, 3.05) is 6.54 Å². The Morgan fingerprint density at radius 1 is 1.29 bits per heavy atom. The Hall–Kier alpha value is -2.09. The van der Waals surface area contributed by atoms with Crippen LogP contribution in [0.5, 0.6) is 0 Å². The molecule has 1 aliphatic heterocycles. The molecule has 0 spiro atoms. The summed E-state index contributed by atoms with van der Waals surface area (Å²) < 4.78 is 26.2. The van der Waals surface area contributed by atoms with E-state index >= 15 is 0 Å². The molecule has 0 radical (unpaired) electrons. The molecule has 1 heterocycles. The number of rotatable bonds is 3. The van der Waals surface area contributed by atoms with Crippen LogP contribution < -0.4 is 10.5 Å². The van der Waals surface area contributed by atoms with E-state index in [9.17, 15) is 18.0 Å². The van der Waals surface area contributed by atoms with Gasteiger partial charge in [0.25, 0.3) is 10.0 Å². The van der Waals surface area contributed by atoms with Crippen LogP contribution in [0.3, 0.4) is 0 Å². The van der Waals surface area contributed by atoms with Crippen molar-refractivity contribution in [2.45, 2.75) is 30.7 Å².